The predicted octanol–water partition coefficient (Wildman–Crippen LogP) is 18.5. The minimum absolute atomic E-state index is 0.0212. The van der Waals surface area contributed by atoms with E-state index in [1.54, 1.807) is 0 Å². The fourth-order valence-electron chi connectivity index (χ4n) is 10.3. The number of phenols is 1. The number of imidazole rings is 1. The van der Waals surface area contributed by atoms with Crippen LogP contribution in [0.3, 0.4) is 0 Å². The van der Waals surface area contributed by atoms with Gasteiger partial charge in [0.25, 0.3) is 0 Å². The Kier molecular flexibility index (Phi) is 12.0. The van der Waals surface area contributed by atoms with E-state index in [4.69, 9.17) is 9.97 Å². The zero-order chi connectivity index (χ0) is 53.0. The standard InChI is InChI=1S/C68H71FN4O/c1-64(2,3)44-24-26-58-54(37-44)55-39-48(68(13,14)15)38-53(62(55)72(58)50-20-17-16-18-21-50)41-28-29-70-57(33-41)43-30-42(31-45(32-43)65(4,5)6)52-22-19-23-59-61(52)71-63(56-40-49(69)25-27-60(56)74)73(59)51-35-46(66(7,8)9)34-47(36-51)67(10,11)12/h16-40,74H,1-15H3. The van der Waals surface area contributed by atoms with Crippen LogP contribution < -0.4 is 0 Å². The lowest BCUT2D eigenvalue weighted by molar-refractivity contribution is 0.474. The first-order chi connectivity index (χ1) is 34.6. The lowest BCUT2D eigenvalue weighted by Crippen LogP contribution is -2.17. The zero-order valence-corrected chi connectivity index (χ0v) is 46.0. The largest absolute Gasteiger partial charge is 0.507 e. The number of hydrogen-bond acceptors (Lipinski definition) is 3. The highest BCUT2D eigenvalue weighted by atomic mass is 19.1. The SMILES string of the molecule is CC(C)(C)c1cc(-c2cc(-c3cc(C(C)(C)C)cc4c5cc(C(C)(C)C)ccc5n(-c5ccccc5)c34)ccn2)cc(-c2cccc3c2nc(-c2cc(F)ccc2O)n3-c2cc(C(C)(C)C)cc(C(C)(C)C)c2)c1. The smallest absolute Gasteiger partial charge is 0.149 e. The minimum atomic E-state index is -0.449. The topological polar surface area (TPSA) is 55.9 Å². The van der Waals surface area contributed by atoms with Gasteiger partial charge in [-0.15, -0.1) is 0 Å². The van der Waals surface area contributed by atoms with Crippen molar-refractivity contribution in [1.29, 1.82) is 0 Å². The van der Waals surface area contributed by atoms with E-state index in [2.05, 4.69) is 240 Å². The summed E-state index contributed by atoms with van der Waals surface area (Å²) in [6.45, 7) is 33.8. The fraction of sp³-hybridized carbons (Fsp3) is 0.294. The average Bonchev–Trinajstić information content (AvgIpc) is 3.89. The molecule has 0 aliphatic carbocycles. The molecule has 0 amide bonds. The summed E-state index contributed by atoms with van der Waals surface area (Å²) in [7, 11) is 0. The molecule has 74 heavy (non-hydrogen) atoms. The first-order valence-corrected chi connectivity index (χ1v) is 26.1. The predicted molar refractivity (Wildman–Crippen MR) is 310 cm³/mol. The number of nitrogens with zero attached hydrogens (tertiary/aromatic N) is 4. The summed E-state index contributed by atoms with van der Waals surface area (Å²) < 4.78 is 19.8. The Bertz CT molecular complexity index is 3780. The molecule has 10 rings (SSSR count). The molecular weight excluding hydrogens is 908 g/mol. The monoisotopic (exact) mass is 979 g/mol. The van der Waals surface area contributed by atoms with Crippen LogP contribution in [0, 0.1) is 5.82 Å². The van der Waals surface area contributed by atoms with Crippen molar-refractivity contribution in [3.05, 3.63) is 185 Å². The van der Waals surface area contributed by atoms with Crippen LogP contribution >= 0.6 is 0 Å². The van der Waals surface area contributed by atoms with Gasteiger partial charge in [-0.05, 0) is 163 Å². The second kappa shape index (κ2) is 17.7. The highest BCUT2D eigenvalue weighted by Crippen LogP contribution is 2.45. The molecule has 0 bridgehead atoms. The van der Waals surface area contributed by atoms with Gasteiger partial charge >= 0.3 is 0 Å². The maximum Gasteiger partial charge on any atom is 0.149 e. The Morgan fingerprint density at radius 1 is 0.419 bits per heavy atom. The minimum Gasteiger partial charge on any atom is -0.507 e. The van der Waals surface area contributed by atoms with Crippen LogP contribution in [0.15, 0.2) is 152 Å². The van der Waals surface area contributed by atoms with Crippen LogP contribution in [-0.2, 0) is 27.1 Å². The number of phenolic OH excluding ortho intramolecular Hbond substituents is 1. The number of hydrogen-bond donors (Lipinski definition) is 1. The van der Waals surface area contributed by atoms with Crippen molar-refractivity contribution in [3.63, 3.8) is 0 Å². The molecule has 0 fully saturated rings. The van der Waals surface area contributed by atoms with Crippen LogP contribution in [-0.4, -0.2) is 24.2 Å². The Hall–Kier alpha value is -7.31. The van der Waals surface area contributed by atoms with Crippen LogP contribution in [0.2, 0.25) is 0 Å². The van der Waals surface area contributed by atoms with E-state index in [-0.39, 0.29) is 32.8 Å². The quantitative estimate of drug-likeness (QED) is 0.181. The lowest BCUT2D eigenvalue weighted by Gasteiger charge is -2.27. The summed E-state index contributed by atoms with van der Waals surface area (Å²) in [6, 6.07) is 50.9. The highest BCUT2D eigenvalue weighted by molar-refractivity contribution is 6.14. The molecule has 0 aliphatic heterocycles. The molecule has 0 unspecified atom stereocenters. The van der Waals surface area contributed by atoms with Crippen molar-refractivity contribution in [2.24, 2.45) is 0 Å². The van der Waals surface area contributed by atoms with Gasteiger partial charge in [-0.1, -0.05) is 152 Å². The summed E-state index contributed by atoms with van der Waals surface area (Å²) in [6.07, 6.45) is 1.95. The van der Waals surface area contributed by atoms with Crippen LogP contribution in [0.25, 0.3) is 89.1 Å². The van der Waals surface area contributed by atoms with E-state index in [9.17, 15) is 5.11 Å². The van der Waals surface area contributed by atoms with E-state index in [1.165, 1.54) is 56.7 Å². The van der Waals surface area contributed by atoms with Gasteiger partial charge in [-0.3, -0.25) is 9.55 Å². The number of benzene rings is 7. The first-order valence-electron chi connectivity index (χ1n) is 26.1. The number of pyridine rings is 1. The molecule has 5 nitrogen and oxygen atoms in total. The number of aromatic nitrogens is 4. The van der Waals surface area contributed by atoms with E-state index >= 15 is 4.39 Å². The normalized spacial score (nSPS) is 12.9. The number of halogens is 1. The van der Waals surface area contributed by atoms with Crippen molar-refractivity contribution in [3.8, 4) is 62.0 Å². The Morgan fingerprint density at radius 3 is 1.68 bits per heavy atom. The van der Waals surface area contributed by atoms with Crippen LogP contribution in [0.1, 0.15) is 132 Å². The van der Waals surface area contributed by atoms with Gasteiger partial charge in [0.1, 0.15) is 17.4 Å². The van der Waals surface area contributed by atoms with Crippen LogP contribution in [0.4, 0.5) is 4.39 Å². The molecule has 0 aliphatic rings. The number of aromatic hydroxyl groups is 1. The van der Waals surface area contributed by atoms with Gasteiger partial charge < -0.3 is 9.67 Å². The summed E-state index contributed by atoms with van der Waals surface area (Å²) in [5, 5.41) is 13.9. The maximum absolute atomic E-state index is 15.3. The average molecular weight is 979 g/mol. The van der Waals surface area contributed by atoms with Crippen molar-refractivity contribution in [1.82, 2.24) is 19.1 Å². The van der Waals surface area contributed by atoms with Gasteiger partial charge in [0, 0.05) is 45.0 Å². The molecule has 7 aromatic carbocycles. The third-order valence-electron chi connectivity index (χ3n) is 14.9. The third kappa shape index (κ3) is 9.22. The first kappa shape index (κ1) is 50.2. The van der Waals surface area contributed by atoms with Crippen molar-refractivity contribution >= 4 is 32.8 Å². The van der Waals surface area contributed by atoms with Crippen molar-refractivity contribution < 1.29 is 9.50 Å². The molecule has 1 N–H and O–H groups in total. The molecule has 0 saturated heterocycles. The van der Waals surface area contributed by atoms with Gasteiger partial charge in [0.2, 0.25) is 0 Å². The molecule has 0 saturated carbocycles. The molecule has 6 heteroatoms. The van der Waals surface area contributed by atoms with Crippen molar-refractivity contribution in [2.75, 3.05) is 0 Å². The Labute approximate surface area is 437 Å². The summed E-state index contributed by atoms with van der Waals surface area (Å²) >= 11 is 0. The molecule has 3 aromatic heterocycles. The molecule has 376 valence electrons. The fourth-order valence-corrected chi connectivity index (χ4v) is 10.3. The highest BCUT2D eigenvalue weighted by Gasteiger charge is 2.28. The molecular formula is C68H71FN4O. The Morgan fingerprint density at radius 2 is 1.03 bits per heavy atom. The summed E-state index contributed by atoms with van der Waals surface area (Å²) in [4.78, 5) is 10.6. The van der Waals surface area contributed by atoms with E-state index in [1.807, 2.05) is 6.20 Å². The van der Waals surface area contributed by atoms with E-state index < -0.39 is 5.82 Å². The van der Waals surface area contributed by atoms with Gasteiger partial charge in [0.15, 0.2) is 0 Å². The van der Waals surface area contributed by atoms with E-state index in [0.29, 0.717) is 11.4 Å². The van der Waals surface area contributed by atoms with Gasteiger partial charge in [0.05, 0.1) is 33.3 Å². The van der Waals surface area contributed by atoms with Crippen LogP contribution in [0.5, 0.6) is 5.75 Å². The van der Waals surface area contributed by atoms with Gasteiger partial charge in [-0.2, -0.15) is 0 Å². The summed E-state index contributed by atoms with van der Waals surface area (Å²) in [5.41, 5.74) is 17.6. The second-order valence-electron chi connectivity index (χ2n) is 25.7. The number of rotatable bonds is 6. The molecule has 3 heterocycles. The van der Waals surface area contributed by atoms with E-state index in [0.717, 1.165) is 67.0 Å². The summed E-state index contributed by atoms with van der Waals surface area (Å²) in [5.74, 6) is -0.0299. The maximum atomic E-state index is 15.3. The third-order valence-corrected chi connectivity index (χ3v) is 14.9. The number of fused-ring (bicyclic) bond motifs is 4. The number of para-hydroxylation sites is 2. The molecule has 10 aromatic rings. The molecule has 0 atom stereocenters. The molecule has 0 radical (unpaired) electrons. The lowest BCUT2D eigenvalue weighted by atomic mass is 9.80. The zero-order valence-electron chi connectivity index (χ0n) is 46.0. The second-order valence-corrected chi connectivity index (χ2v) is 25.7. The van der Waals surface area contributed by atoms with Crippen molar-refractivity contribution in [2.45, 2.75) is 131 Å². The Balaban J connectivity index is 1.22. The van der Waals surface area contributed by atoms with Gasteiger partial charge in [-0.25, -0.2) is 9.37 Å². The molecule has 0 spiro atoms.